The SMILES string of the molecule is C=C(C)C(=O)OC1C2CC3C(=O)OCC1C3C2. The van der Waals surface area contributed by atoms with Gasteiger partial charge in [-0.05, 0) is 31.6 Å². The molecular weight excluding hydrogens is 220 g/mol. The van der Waals surface area contributed by atoms with Gasteiger partial charge in [-0.1, -0.05) is 6.58 Å². The lowest BCUT2D eigenvalue weighted by Crippen LogP contribution is -2.45. The van der Waals surface area contributed by atoms with Crippen molar-refractivity contribution < 1.29 is 19.1 Å². The monoisotopic (exact) mass is 236 g/mol. The first-order valence-electron chi connectivity index (χ1n) is 6.11. The Bertz CT molecular complexity index is 400. The highest BCUT2D eigenvalue weighted by Crippen LogP contribution is 2.55. The predicted octanol–water partition coefficient (Wildman–Crippen LogP) is 1.30. The summed E-state index contributed by atoms with van der Waals surface area (Å²) in [7, 11) is 0. The average molecular weight is 236 g/mol. The van der Waals surface area contributed by atoms with E-state index in [1.165, 1.54) is 0 Å². The number of cyclic esters (lactones) is 1. The van der Waals surface area contributed by atoms with E-state index in [0.29, 0.717) is 24.0 Å². The van der Waals surface area contributed by atoms with Crippen LogP contribution in [0.2, 0.25) is 0 Å². The largest absolute Gasteiger partial charge is 0.465 e. The Kier molecular flexibility index (Phi) is 2.28. The molecule has 0 N–H and O–H groups in total. The number of rotatable bonds is 2. The van der Waals surface area contributed by atoms with E-state index in [1.807, 2.05) is 0 Å². The van der Waals surface area contributed by atoms with Crippen LogP contribution in [0.3, 0.4) is 0 Å². The maximum absolute atomic E-state index is 11.6. The lowest BCUT2D eigenvalue weighted by Gasteiger charge is -2.37. The zero-order chi connectivity index (χ0) is 12.2. The molecule has 5 atom stereocenters. The molecule has 0 amide bonds. The van der Waals surface area contributed by atoms with E-state index in [-0.39, 0.29) is 29.9 Å². The van der Waals surface area contributed by atoms with Gasteiger partial charge in [0, 0.05) is 11.5 Å². The second kappa shape index (κ2) is 3.59. The predicted molar refractivity (Wildman–Crippen MR) is 58.8 cm³/mol. The number of hydrogen-bond acceptors (Lipinski definition) is 4. The van der Waals surface area contributed by atoms with Crippen molar-refractivity contribution in [1.29, 1.82) is 0 Å². The van der Waals surface area contributed by atoms with Gasteiger partial charge in [0.1, 0.15) is 6.10 Å². The normalized spacial score (nSPS) is 42.2. The third-order valence-electron chi connectivity index (χ3n) is 4.40. The van der Waals surface area contributed by atoms with E-state index in [4.69, 9.17) is 9.47 Å². The molecule has 0 aromatic rings. The minimum absolute atomic E-state index is 0.0542. The Morgan fingerprint density at radius 3 is 2.88 bits per heavy atom. The summed E-state index contributed by atoms with van der Waals surface area (Å²) in [5.41, 5.74) is 0.428. The first-order valence-corrected chi connectivity index (χ1v) is 6.11. The van der Waals surface area contributed by atoms with Crippen LogP contribution in [0.15, 0.2) is 12.2 Å². The quantitative estimate of drug-likeness (QED) is 0.535. The number of carbonyl (C=O) groups is 2. The van der Waals surface area contributed by atoms with Gasteiger partial charge < -0.3 is 9.47 Å². The van der Waals surface area contributed by atoms with Crippen LogP contribution in [0.4, 0.5) is 0 Å². The van der Waals surface area contributed by atoms with Crippen molar-refractivity contribution >= 4 is 11.9 Å². The van der Waals surface area contributed by atoms with E-state index in [1.54, 1.807) is 6.92 Å². The molecule has 0 aromatic heterocycles. The van der Waals surface area contributed by atoms with E-state index in [0.717, 1.165) is 12.8 Å². The van der Waals surface area contributed by atoms with Gasteiger partial charge in [0.2, 0.25) is 0 Å². The van der Waals surface area contributed by atoms with Crippen LogP contribution in [0.1, 0.15) is 19.8 Å². The van der Waals surface area contributed by atoms with Gasteiger partial charge in [-0.2, -0.15) is 0 Å². The fourth-order valence-electron chi connectivity index (χ4n) is 3.63. The second-order valence-electron chi connectivity index (χ2n) is 5.45. The van der Waals surface area contributed by atoms with Gasteiger partial charge in [-0.3, -0.25) is 4.79 Å². The molecule has 3 aliphatic rings. The Hall–Kier alpha value is -1.32. The molecule has 1 saturated heterocycles. The molecular formula is C13H16O4. The summed E-state index contributed by atoms with van der Waals surface area (Å²) in [6, 6.07) is 0. The molecule has 3 rings (SSSR count). The van der Waals surface area contributed by atoms with Crippen LogP contribution in [0, 0.1) is 23.7 Å². The van der Waals surface area contributed by atoms with Crippen molar-refractivity contribution in [3.05, 3.63) is 12.2 Å². The van der Waals surface area contributed by atoms with E-state index < -0.39 is 0 Å². The number of esters is 2. The van der Waals surface area contributed by atoms with Gasteiger partial charge in [-0.15, -0.1) is 0 Å². The van der Waals surface area contributed by atoms with Gasteiger partial charge in [0.05, 0.1) is 12.5 Å². The maximum Gasteiger partial charge on any atom is 0.333 e. The van der Waals surface area contributed by atoms with Crippen LogP contribution in [0.25, 0.3) is 0 Å². The van der Waals surface area contributed by atoms with Crippen molar-refractivity contribution in [2.75, 3.05) is 6.61 Å². The summed E-state index contributed by atoms with van der Waals surface area (Å²) < 4.78 is 10.7. The Balaban J connectivity index is 1.75. The smallest absolute Gasteiger partial charge is 0.333 e. The highest BCUT2D eigenvalue weighted by molar-refractivity contribution is 5.87. The van der Waals surface area contributed by atoms with Crippen LogP contribution < -0.4 is 0 Å². The lowest BCUT2D eigenvalue weighted by molar-refractivity contribution is -0.172. The molecule has 2 bridgehead atoms. The summed E-state index contributed by atoms with van der Waals surface area (Å²) in [4.78, 5) is 23.1. The fourth-order valence-corrected chi connectivity index (χ4v) is 3.63. The molecule has 92 valence electrons. The molecule has 1 aliphatic heterocycles. The summed E-state index contributed by atoms with van der Waals surface area (Å²) in [6.45, 7) is 5.65. The van der Waals surface area contributed by atoms with E-state index in [2.05, 4.69) is 6.58 Å². The van der Waals surface area contributed by atoms with E-state index in [9.17, 15) is 9.59 Å². The number of ether oxygens (including phenoxy) is 2. The summed E-state index contributed by atoms with van der Waals surface area (Å²) in [5.74, 6) is 0.586. The molecule has 17 heavy (non-hydrogen) atoms. The zero-order valence-electron chi connectivity index (χ0n) is 9.85. The number of hydrogen-bond donors (Lipinski definition) is 0. The van der Waals surface area contributed by atoms with Crippen LogP contribution in [-0.2, 0) is 19.1 Å². The van der Waals surface area contributed by atoms with Gasteiger partial charge in [-0.25, -0.2) is 4.79 Å². The van der Waals surface area contributed by atoms with E-state index >= 15 is 0 Å². The summed E-state index contributed by atoms with van der Waals surface area (Å²) >= 11 is 0. The third-order valence-corrected chi connectivity index (χ3v) is 4.40. The summed E-state index contributed by atoms with van der Waals surface area (Å²) in [6.07, 6.45) is 1.74. The third kappa shape index (κ3) is 1.50. The molecule has 5 unspecified atom stereocenters. The van der Waals surface area contributed by atoms with Crippen molar-refractivity contribution in [2.24, 2.45) is 23.7 Å². The average Bonchev–Trinajstić information content (AvgIpc) is 2.84. The highest BCUT2D eigenvalue weighted by Gasteiger charge is 2.59. The molecule has 0 spiro atoms. The Labute approximate surface area is 100.0 Å². The van der Waals surface area contributed by atoms with Gasteiger partial charge >= 0.3 is 11.9 Å². The van der Waals surface area contributed by atoms with Crippen molar-refractivity contribution in [1.82, 2.24) is 0 Å². The van der Waals surface area contributed by atoms with Crippen LogP contribution in [-0.4, -0.2) is 24.6 Å². The molecule has 4 heteroatoms. The van der Waals surface area contributed by atoms with Crippen molar-refractivity contribution in [3.63, 3.8) is 0 Å². The molecule has 0 radical (unpaired) electrons. The molecule has 2 aliphatic carbocycles. The fraction of sp³-hybridized carbons (Fsp3) is 0.692. The van der Waals surface area contributed by atoms with Crippen molar-refractivity contribution in [3.8, 4) is 0 Å². The summed E-state index contributed by atoms with van der Waals surface area (Å²) in [5, 5.41) is 0. The van der Waals surface area contributed by atoms with Crippen LogP contribution >= 0.6 is 0 Å². The van der Waals surface area contributed by atoms with Gasteiger partial charge in [0.15, 0.2) is 0 Å². The number of carbonyl (C=O) groups excluding carboxylic acids is 2. The topological polar surface area (TPSA) is 52.6 Å². The molecule has 2 saturated carbocycles. The minimum atomic E-state index is -0.323. The lowest BCUT2D eigenvalue weighted by atomic mass is 9.77. The zero-order valence-corrected chi connectivity index (χ0v) is 9.85. The van der Waals surface area contributed by atoms with Crippen LogP contribution in [0.5, 0.6) is 0 Å². The molecule has 0 aromatic carbocycles. The Morgan fingerprint density at radius 1 is 1.41 bits per heavy atom. The Morgan fingerprint density at radius 2 is 2.18 bits per heavy atom. The maximum atomic E-state index is 11.6. The van der Waals surface area contributed by atoms with Crippen molar-refractivity contribution in [2.45, 2.75) is 25.9 Å². The molecule has 1 heterocycles. The second-order valence-corrected chi connectivity index (χ2v) is 5.45. The highest BCUT2D eigenvalue weighted by atomic mass is 16.6. The standard InChI is InChI=1S/C13H16O4/c1-6(2)12(14)17-11-7-3-8-9(4-7)13(15)16-5-10(8)11/h7-11H,1,3-5H2,2H3. The first-order chi connectivity index (χ1) is 8.08. The van der Waals surface area contributed by atoms with Gasteiger partial charge in [0.25, 0.3) is 0 Å². The minimum Gasteiger partial charge on any atom is -0.465 e. The molecule has 4 nitrogen and oxygen atoms in total. The first kappa shape index (κ1) is 10.8. The molecule has 3 fully saturated rings. The number of fused-ring (bicyclic) bond motifs is 1.